The molecule has 0 radical (unpaired) electrons. The largest absolute Gasteiger partial charge is 0.484 e. The van der Waals surface area contributed by atoms with Gasteiger partial charge in [-0.1, -0.05) is 63.2 Å². The minimum Gasteiger partial charge on any atom is -0.484 e. The van der Waals surface area contributed by atoms with Gasteiger partial charge in [0, 0.05) is 5.56 Å². The number of aromatic nitrogens is 2. The maximum Gasteiger partial charge on any atom is 0.262 e. The molecule has 0 aliphatic heterocycles. The molecule has 2 aromatic carbocycles. The lowest BCUT2D eigenvalue weighted by Gasteiger charge is -2.19. The summed E-state index contributed by atoms with van der Waals surface area (Å²) in [6.07, 6.45) is 0. The Hall–Kier alpha value is -3.08. The first kappa shape index (κ1) is 18.7. The second kappa shape index (κ2) is 7.66. The first-order valence-corrected chi connectivity index (χ1v) is 8.98. The smallest absolute Gasteiger partial charge is 0.262 e. The number of benzene rings is 2. The molecule has 27 heavy (non-hydrogen) atoms. The minimum absolute atomic E-state index is 0.0585. The van der Waals surface area contributed by atoms with Crippen molar-refractivity contribution in [2.24, 2.45) is 0 Å². The molecule has 3 aromatic rings. The highest BCUT2D eigenvalue weighted by molar-refractivity contribution is 5.96. The van der Waals surface area contributed by atoms with Gasteiger partial charge in [-0.2, -0.15) is 5.10 Å². The van der Waals surface area contributed by atoms with Crippen molar-refractivity contribution in [2.75, 3.05) is 11.9 Å². The molecule has 0 fully saturated rings. The summed E-state index contributed by atoms with van der Waals surface area (Å²) in [5, 5.41) is 10.2. The molecule has 0 saturated heterocycles. The summed E-state index contributed by atoms with van der Waals surface area (Å²) in [6.45, 7) is 8.36. The average Bonchev–Trinajstić information content (AvgIpc) is 3.01. The van der Waals surface area contributed by atoms with Gasteiger partial charge in [-0.3, -0.25) is 9.89 Å². The number of carbonyl (C=O) groups is 1. The number of hydrogen-bond donors (Lipinski definition) is 2. The number of H-pyrrole nitrogens is 1. The number of aromatic amines is 1. The first-order valence-electron chi connectivity index (χ1n) is 8.98. The van der Waals surface area contributed by atoms with Crippen LogP contribution in [0.3, 0.4) is 0 Å². The number of aryl methyl sites for hydroxylation is 1. The Morgan fingerprint density at radius 1 is 1.07 bits per heavy atom. The fourth-order valence-electron chi connectivity index (χ4n) is 2.76. The summed E-state index contributed by atoms with van der Waals surface area (Å²) in [7, 11) is 0. The summed E-state index contributed by atoms with van der Waals surface area (Å²) in [6, 6.07) is 17.5. The van der Waals surface area contributed by atoms with Crippen molar-refractivity contribution in [3.8, 4) is 17.0 Å². The van der Waals surface area contributed by atoms with Gasteiger partial charge in [-0.05, 0) is 30.0 Å². The Bertz CT molecular complexity index is 907. The quantitative estimate of drug-likeness (QED) is 0.690. The topological polar surface area (TPSA) is 67.0 Å². The molecule has 0 bridgehead atoms. The van der Waals surface area contributed by atoms with Crippen LogP contribution in [0.15, 0.2) is 54.6 Å². The zero-order valence-corrected chi connectivity index (χ0v) is 16.2. The van der Waals surface area contributed by atoms with Crippen LogP contribution in [0.2, 0.25) is 0 Å². The molecule has 1 amide bonds. The lowest BCUT2D eigenvalue weighted by Crippen LogP contribution is -2.20. The van der Waals surface area contributed by atoms with E-state index in [0.29, 0.717) is 11.4 Å². The van der Waals surface area contributed by atoms with E-state index in [0.717, 1.165) is 17.0 Å². The molecule has 5 heteroatoms. The second-order valence-corrected chi connectivity index (χ2v) is 7.55. The van der Waals surface area contributed by atoms with Crippen LogP contribution in [0.5, 0.6) is 5.75 Å². The second-order valence-electron chi connectivity index (χ2n) is 7.55. The fourth-order valence-corrected chi connectivity index (χ4v) is 2.76. The van der Waals surface area contributed by atoms with Crippen LogP contribution in [0.4, 0.5) is 5.69 Å². The van der Waals surface area contributed by atoms with Gasteiger partial charge in [0.2, 0.25) is 0 Å². The van der Waals surface area contributed by atoms with E-state index >= 15 is 0 Å². The van der Waals surface area contributed by atoms with Crippen molar-refractivity contribution < 1.29 is 9.53 Å². The van der Waals surface area contributed by atoms with Crippen molar-refractivity contribution in [3.63, 3.8) is 0 Å². The summed E-state index contributed by atoms with van der Waals surface area (Å²) in [4.78, 5) is 12.3. The molecule has 1 heterocycles. The molecule has 2 N–H and O–H groups in total. The van der Waals surface area contributed by atoms with Crippen LogP contribution in [0.25, 0.3) is 11.3 Å². The van der Waals surface area contributed by atoms with Gasteiger partial charge in [0.25, 0.3) is 5.91 Å². The molecular weight excluding hydrogens is 338 g/mol. The van der Waals surface area contributed by atoms with E-state index in [2.05, 4.69) is 48.4 Å². The van der Waals surface area contributed by atoms with Crippen LogP contribution in [0.1, 0.15) is 32.0 Å². The van der Waals surface area contributed by atoms with E-state index in [1.165, 1.54) is 5.56 Å². The molecular formula is C22H25N3O2. The number of carbonyl (C=O) groups excluding carboxylic acids is 1. The first-order chi connectivity index (χ1) is 12.8. The van der Waals surface area contributed by atoms with Crippen LogP contribution in [-0.2, 0) is 10.2 Å². The number of rotatable bonds is 5. The van der Waals surface area contributed by atoms with Crippen LogP contribution >= 0.6 is 0 Å². The average molecular weight is 363 g/mol. The number of nitrogens with one attached hydrogen (secondary N) is 2. The Kier molecular flexibility index (Phi) is 5.31. The maximum absolute atomic E-state index is 12.3. The van der Waals surface area contributed by atoms with Crippen molar-refractivity contribution in [1.82, 2.24) is 10.2 Å². The number of ether oxygens (including phenoxy) is 1. The third kappa shape index (κ3) is 4.56. The Balaban J connectivity index is 1.73. The molecule has 0 saturated carbocycles. The molecule has 1 aromatic heterocycles. The van der Waals surface area contributed by atoms with Gasteiger partial charge in [0.1, 0.15) is 11.4 Å². The number of amides is 1. The van der Waals surface area contributed by atoms with Crippen molar-refractivity contribution in [1.29, 1.82) is 0 Å². The number of anilines is 1. The summed E-state index contributed by atoms with van der Waals surface area (Å²) in [5.74, 6) is 0.436. The molecule has 5 nitrogen and oxygen atoms in total. The third-order valence-corrected chi connectivity index (χ3v) is 4.35. The fraction of sp³-hybridized carbons (Fsp3) is 0.273. The highest BCUT2D eigenvalue weighted by atomic mass is 16.5. The SMILES string of the molecule is Cc1[nH]nc(-c2ccc(C(C)(C)C)cc2)c1NC(=O)COc1ccccc1. The van der Waals surface area contributed by atoms with Crippen LogP contribution < -0.4 is 10.1 Å². The molecule has 0 aliphatic carbocycles. The van der Waals surface area contributed by atoms with Gasteiger partial charge in [0.05, 0.1) is 11.4 Å². The summed E-state index contributed by atoms with van der Waals surface area (Å²) in [5.41, 5.74) is 4.50. The summed E-state index contributed by atoms with van der Waals surface area (Å²) >= 11 is 0. The van der Waals surface area contributed by atoms with E-state index in [-0.39, 0.29) is 17.9 Å². The minimum atomic E-state index is -0.226. The van der Waals surface area contributed by atoms with E-state index in [9.17, 15) is 4.79 Å². The highest BCUT2D eigenvalue weighted by Crippen LogP contribution is 2.30. The lowest BCUT2D eigenvalue weighted by molar-refractivity contribution is -0.118. The Morgan fingerprint density at radius 2 is 1.74 bits per heavy atom. The van der Waals surface area contributed by atoms with Gasteiger partial charge in [0.15, 0.2) is 6.61 Å². The predicted molar refractivity (Wildman–Crippen MR) is 108 cm³/mol. The van der Waals surface area contributed by atoms with Crippen LogP contribution in [0, 0.1) is 6.92 Å². The number of hydrogen-bond acceptors (Lipinski definition) is 3. The monoisotopic (exact) mass is 363 g/mol. The molecule has 0 atom stereocenters. The summed E-state index contributed by atoms with van der Waals surface area (Å²) < 4.78 is 5.51. The van der Waals surface area contributed by atoms with Gasteiger partial charge in [-0.25, -0.2) is 0 Å². The molecule has 0 unspecified atom stereocenters. The van der Waals surface area contributed by atoms with Crippen molar-refractivity contribution in [2.45, 2.75) is 33.1 Å². The van der Waals surface area contributed by atoms with E-state index < -0.39 is 0 Å². The van der Waals surface area contributed by atoms with Crippen molar-refractivity contribution in [3.05, 3.63) is 65.9 Å². The van der Waals surface area contributed by atoms with E-state index in [1.807, 2.05) is 49.4 Å². The Labute approximate surface area is 159 Å². The third-order valence-electron chi connectivity index (χ3n) is 4.35. The number of para-hydroxylation sites is 1. The molecule has 0 aliphatic rings. The zero-order chi connectivity index (χ0) is 19.4. The standard InChI is InChI=1S/C22H25N3O2/c1-15-20(23-19(26)14-27-18-8-6-5-7-9-18)21(25-24-15)16-10-12-17(13-11-16)22(2,3)4/h5-13H,14H2,1-4H3,(H,23,26)(H,24,25). The molecule has 0 spiro atoms. The number of nitrogens with zero attached hydrogens (tertiary/aromatic N) is 1. The highest BCUT2D eigenvalue weighted by Gasteiger charge is 2.17. The van der Waals surface area contributed by atoms with E-state index in [4.69, 9.17) is 4.74 Å². The van der Waals surface area contributed by atoms with Crippen LogP contribution in [-0.4, -0.2) is 22.7 Å². The maximum atomic E-state index is 12.3. The molecule has 140 valence electrons. The van der Waals surface area contributed by atoms with Gasteiger partial charge in [-0.15, -0.1) is 0 Å². The normalized spacial score (nSPS) is 11.3. The lowest BCUT2D eigenvalue weighted by atomic mass is 9.86. The zero-order valence-electron chi connectivity index (χ0n) is 16.2. The van der Waals surface area contributed by atoms with E-state index in [1.54, 1.807) is 0 Å². The Morgan fingerprint density at radius 3 is 2.37 bits per heavy atom. The van der Waals surface area contributed by atoms with Gasteiger partial charge >= 0.3 is 0 Å². The predicted octanol–water partition coefficient (Wildman–Crippen LogP) is 4.70. The van der Waals surface area contributed by atoms with Gasteiger partial charge < -0.3 is 10.1 Å². The van der Waals surface area contributed by atoms with Crippen molar-refractivity contribution >= 4 is 11.6 Å². The molecule has 3 rings (SSSR count).